The maximum atomic E-state index is 13.4. The Morgan fingerprint density at radius 1 is 0.600 bits per heavy atom. The molecule has 0 radical (unpaired) electrons. The van der Waals surface area contributed by atoms with E-state index in [-0.39, 0.29) is 0 Å². The lowest BCUT2D eigenvalue weighted by atomic mass is 10.1. The van der Waals surface area contributed by atoms with Gasteiger partial charge in [0, 0.05) is 16.8 Å². The predicted molar refractivity (Wildman–Crippen MR) is 133 cm³/mol. The van der Waals surface area contributed by atoms with E-state index in [0.717, 1.165) is 0 Å². The number of hydrogen-bond donors (Lipinski definition) is 2. The molecule has 174 valence electrons. The topological polar surface area (TPSA) is 84.5 Å². The number of ether oxygens (including phenoxy) is 1. The molecule has 2 atom stereocenters. The molecule has 0 unspecified atom stereocenters. The minimum Gasteiger partial charge on any atom is -0.445 e. The van der Waals surface area contributed by atoms with Crippen molar-refractivity contribution in [2.45, 2.75) is 12.1 Å². The molecule has 0 saturated heterocycles. The number of hydrogen-bond acceptors (Lipinski definition) is 4. The number of rotatable bonds is 8. The highest BCUT2D eigenvalue weighted by Crippen LogP contribution is 2.24. The molecular formula is C29H24N2O4. The molecule has 0 aliphatic heterocycles. The van der Waals surface area contributed by atoms with E-state index in [0.29, 0.717) is 22.4 Å². The van der Waals surface area contributed by atoms with Crippen LogP contribution in [0.5, 0.6) is 0 Å². The smallest absolute Gasteiger partial charge is 0.334 e. The summed E-state index contributed by atoms with van der Waals surface area (Å²) in [5.41, 5.74) is 2.03. The van der Waals surface area contributed by atoms with Gasteiger partial charge in [0.25, 0.3) is 11.8 Å². The van der Waals surface area contributed by atoms with Crippen LogP contribution in [0.25, 0.3) is 0 Å². The van der Waals surface area contributed by atoms with Crippen LogP contribution in [0.2, 0.25) is 0 Å². The van der Waals surface area contributed by atoms with Gasteiger partial charge in [0.2, 0.25) is 6.10 Å². The molecule has 0 fully saturated rings. The largest absolute Gasteiger partial charge is 0.445 e. The molecule has 0 aliphatic rings. The van der Waals surface area contributed by atoms with E-state index in [4.69, 9.17) is 4.74 Å². The third-order valence-electron chi connectivity index (χ3n) is 5.30. The molecule has 6 heteroatoms. The monoisotopic (exact) mass is 464 g/mol. The van der Waals surface area contributed by atoms with Gasteiger partial charge in [-0.05, 0) is 29.8 Å². The van der Waals surface area contributed by atoms with Crippen molar-refractivity contribution in [2.24, 2.45) is 0 Å². The molecule has 4 aromatic carbocycles. The molecule has 2 N–H and O–H groups in total. The zero-order chi connectivity index (χ0) is 24.5. The lowest BCUT2D eigenvalue weighted by Crippen LogP contribution is -2.37. The maximum Gasteiger partial charge on any atom is 0.334 e. The van der Waals surface area contributed by atoms with E-state index in [2.05, 4.69) is 10.6 Å². The number of carbonyl (C=O) groups excluding carboxylic acids is 3. The number of amides is 2. The summed E-state index contributed by atoms with van der Waals surface area (Å²) in [6.07, 6.45) is -1.22. The second-order valence-corrected chi connectivity index (χ2v) is 7.77. The zero-order valence-corrected chi connectivity index (χ0v) is 18.8. The quantitative estimate of drug-likeness (QED) is 0.356. The van der Waals surface area contributed by atoms with Gasteiger partial charge in [-0.1, -0.05) is 97.1 Å². The summed E-state index contributed by atoms with van der Waals surface area (Å²) in [5, 5.41) is 5.54. The first-order valence-corrected chi connectivity index (χ1v) is 11.1. The third kappa shape index (κ3) is 6.21. The second kappa shape index (κ2) is 11.4. The zero-order valence-electron chi connectivity index (χ0n) is 18.8. The van der Waals surface area contributed by atoms with Crippen LogP contribution in [0, 0.1) is 0 Å². The number of carbonyl (C=O) groups is 3. The molecule has 0 aromatic heterocycles. The van der Waals surface area contributed by atoms with Crippen molar-refractivity contribution >= 4 is 23.5 Å². The van der Waals surface area contributed by atoms with Crippen molar-refractivity contribution in [2.75, 3.05) is 5.32 Å². The van der Waals surface area contributed by atoms with Crippen LogP contribution in [-0.2, 0) is 14.3 Å². The molecule has 0 saturated carbocycles. The molecule has 4 aromatic rings. The van der Waals surface area contributed by atoms with E-state index in [1.807, 2.05) is 18.2 Å². The van der Waals surface area contributed by atoms with Gasteiger partial charge in [-0.15, -0.1) is 0 Å². The van der Waals surface area contributed by atoms with Crippen molar-refractivity contribution in [3.63, 3.8) is 0 Å². The Morgan fingerprint density at radius 3 is 1.66 bits per heavy atom. The summed E-state index contributed by atoms with van der Waals surface area (Å²) in [7, 11) is 0. The first kappa shape index (κ1) is 23.4. The molecular weight excluding hydrogens is 440 g/mol. The van der Waals surface area contributed by atoms with Crippen LogP contribution in [0.3, 0.4) is 0 Å². The number of benzene rings is 4. The van der Waals surface area contributed by atoms with Gasteiger partial charge in [-0.2, -0.15) is 0 Å². The standard InChI is InChI=1S/C29H24N2O4/c32-27(23-17-9-3-10-18-23)31-25(21-13-5-1-6-14-21)29(34)35-26(22-15-7-2-8-16-22)28(33)30-24-19-11-4-12-20-24/h1-20,25-26H,(H,30,33)(H,31,32)/t25-,26-/m0/s1. The average molecular weight is 465 g/mol. The van der Waals surface area contributed by atoms with Gasteiger partial charge in [0.1, 0.15) is 0 Å². The van der Waals surface area contributed by atoms with E-state index >= 15 is 0 Å². The summed E-state index contributed by atoms with van der Waals surface area (Å²) in [4.78, 5) is 39.5. The number of para-hydroxylation sites is 1. The summed E-state index contributed by atoms with van der Waals surface area (Å²) in [6, 6.07) is 33.9. The minimum atomic E-state index is -1.22. The molecule has 2 amide bonds. The SMILES string of the molecule is O=C(N[C@H](C(=O)O[C@H](C(=O)Nc1ccccc1)c1ccccc1)c1ccccc1)c1ccccc1. The van der Waals surface area contributed by atoms with Crippen molar-refractivity contribution in [1.29, 1.82) is 0 Å². The molecule has 0 heterocycles. The number of esters is 1. The first-order chi connectivity index (χ1) is 17.1. The van der Waals surface area contributed by atoms with Gasteiger partial charge >= 0.3 is 5.97 Å². The number of nitrogens with one attached hydrogen (secondary N) is 2. The Kier molecular flexibility index (Phi) is 7.66. The van der Waals surface area contributed by atoms with Crippen molar-refractivity contribution < 1.29 is 19.1 Å². The Morgan fingerprint density at radius 2 is 1.09 bits per heavy atom. The Bertz CT molecular complexity index is 1260. The van der Waals surface area contributed by atoms with E-state index in [1.165, 1.54) is 0 Å². The predicted octanol–water partition coefficient (Wildman–Crippen LogP) is 5.08. The maximum absolute atomic E-state index is 13.4. The molecule has 4 rings (SSSR count). The fraction of sp³-hybridized carbons (Fsp3) is 0.0690. The van der Waals surface area contributed by atoms with Crippen LogP contribution < -0.4 is 10.6 Å². The Hall–Kier alpha value is -4.71. The van der Waals surface area contributed by atoms with Crippen molar-refractivity contribution in [1.82, 2.24) is 5.32 Å². The van der Waals surface area contributed by atoms with E-state index in [1.54, 1.807) is 103 Å². The van der Waals surface area contributed by atoms with E-state index < -0.39 is 29.9 Å². The Balaban J connectivity index is 1.60. The summed E-state index contributed by atoms with van der Waals surface area (Å²) in [6.45, 7) is 0. The highest BCUT2D eigenvalue weighted by atomic mass is 16.5. The fourth-order valence-electron chi connectivity index (χ4n) is 3.54. The van der Waals surface area contributed by atoms with Gasteiger partial charge < -0.3 is 15.4 Å². The summed E-state index contributed by atoms with van der Waals surface area (Å²) in [5.74, 6) is -1.68. The number of anilines is 1. The summed E-state index contributed by atoms with van der Waals surface area (Å²) >= 11 is 0. The minimum absolute atomic E-state index is 0.405. The van der Waals surface area contributed by atoms with Gasteiger partial charge in [-0.3, -0.25) is 9.59 Å². The lowest BCUT2D eigenvalue weighted by Gasteiger charge is -2.23. The molecule has 0 bridgehead atoms. The summed E-state index contributed by atoms with van der Waals surface area (Å²) < 4.78 is 5.76. The van der Waals surface area contributed by atoms with Crippen LogP contribution in [0.1, 0.15) is 33.6 Å². The van der Waals surface area contributed by atoms with E-state index in [9.17, 15) is 14.4 Å². The average Bonchev–Trinajstić information content (AvgIpc) is 2.92. The molecule has 35 heavy (non-hydrogen) atoms. The van der Waals surface area contributed by atoms with Crippen molar-refractivity contribution in [3.05, 3.63) is 138 Å². The van der Waals surface area contributed by atoms with Gasteiger partial charge in [0.05, 0.1) is 0 Å². The van der Waals surface area contributed by atoms with Crippen molar-refractivity contribution in [3.8, 4) is 0 Å². The van der Waals surface area contributed by atoms with Crippen LogP contribution in [0.4, 0.5) is 5.69 Å². The molecule has 0 aliphatic carbocycles. The van der Waals surface area contributed by atoms with Crippen LogP contribution in [-0.4, -0.2) is 17.8 Å². The van der Waals surface area contributed by atoms with Crippen LogP contribution in [0.15, 0.2) is 121 Å². The second-order valence-electron chi connectivity index (χ2n) is 7.77. The highest BCUT2D eigenvalue weighted by Gasteiger charge is 2.31. The molecule has 6 nitrogen and oxygen atoms in total. The molecule has 0 spiro atoms. The first-order valence-electron chi connectivity index (χ1n) is 11.1. The van der Waals surface area contributed by atoms with Crippen LogP contribution >= 0.6 is 0 Å². The van der Waals surface area contributed by atoms with Gasteiger partial charge in [0.15, 0.2) is 6.04 Å². The third-order valence-corrected chi connectivity index (χ3v) is 5.30. The highest BCUT2D eigenvalue weighted by molar-refractivity contribution is 5.99. The lowest BCUT2D eigenvalue weighted by molar-refractivity contribution is -0.156. The Labute approximate surface area is 203 Å². The fourth-order valence-corrected chi connectivity index (χ4v) is 3.54. The van der Waals surface area contributed by atoms with Gasteiger partial charge in [-0.25, -0.2) is 4.79 Å². The normalized spacial score (nSPS) is 12.1.